The molecule has 0 spiro atoms. The average molecular weight is 390 g/mol. The summed E-state index contributed by atoms with van der Waals surface area (Å²) in [7, 11) is 0. The molecule has 0 aliphatic rings. The first-order valence-corrected chi connectivity index (χ1v) is 8.77. The molecule has 0 aliphatic heterocycles. The molecule has 1 aromatic heterocycles. The van der Waals surface area contributed by atoms with Crippen LogP contribution in [0.25, 0.3) is 0 Å². The van der Waals surface area contributed by atoms with Gasteiger partial charge in [0, 0.05) is 17.3 Å². The van der Waals surface area contributed by atoms with Gasteiger partial charge >= 0.3 is 0 Å². The maximum absolute atomic E-state index is 12.3. The van der Waals surface area contributed by atoms with Crippen LogP contribution in [0.15, 0.2) is 60.8 Å². The van der Waals surface area contributed by atoms with Crippen molar-refractivity contribution < 1.29 is 9.53 Å². The maximum Gasteiger partial charge on any atom is 0.266 e. The molecule has 2 aromatic carbocycles. The van der Waals surface area contributed by atoms with Crippen LogP contribution in [0.2, 0.25) is 10.0 Å². The summed E-state index contributed by atoms with van der Waals surface area (Å²) >= 11 is 11.9. The van der Waals surface area contributed by atoms with E-state index in [1.54, 1.807) is 35.9 Å². The number of nitrogens with one attached hydrogen (secondary N) is 1. The van der Waals surface area contributed by atoms with E-state index in [0.29, 0.717) is 28.2 Å². The highest BCUT2D eigenvalue weighted by Crippen LogP contribution is 2.28. The van der Waals surface area contributed by atoms with E-state index in [2.05, 4.69) is 10.4 Å². The van der Waals surface area contributed by atoms with Gasteiger partial charge in [0.1, 0.15) is 5.75 Å². The van der Waals surface area contributed by atoms with Crippen LogP contribution in [0.5, 0.6) is 5.75 Å². The molecular formula is C19H17Cl2N3O2. The van der Waals surface area contributed by atoms with Crippen LogP contribution in [-0.4, -0.2) is 21.8 Å². The van der Waals surface area contributed by atoms with E-state index in [9.17, 15) is 4.79 Å². The minimum atomic E-state index is -0.743. The Morgan fingerprint density at radius 2 is 1.96 bits per heavy atom. The Labute approximate surface area is 161 Å². The maximum atomic E-state index is 12.3. The number of rotatable bonds is 6. The summed E-state index contributed by atoms with van der Waals surface area (Å²) in [6.45, 7) is 2.27. The van der Waals surface area contributed by atoms with Crippen LogP contribution >= 0.6 is 23.2 Å². The third kappa shape index (κ3) is 4.77. The molecule has 0 bridgehead atoms. The van der Waals surface area contributed by atoms with Gasteiger partial charge in [-0.25, -0.2) is 0 Å². The predicted molar refractivity (Wildman–Crippen MR) is 103 cm³/mol. The molecule has 3 aromatic rings. The molecule has 3 rings (SSSR count). The molecule has 26 heavy (non-hydrogen) atoms. The van der Waals surface area contributed by atoms with Crippen molar-refractivity contribution in [2.24, 2.45) is 0 Å². The van der Waals surface area contributed by atoms with Crippen LogP contribution in [0.3, 0.4) is 0 Å². The van der Waals surface area contributed by atoms with Crippen LogP contribution in [0, 0.1) is 0 Å². The number of ether oxygens (including phenoxy) is 1. The first-order chi connectivity index (χ1) is 12.5. The Balaban J connectivity index is 1.59. The number of hydrogen-bond acceptors (Lipinski definition) is 3. The van der Waals surface area contributed by atoms with E-state index in [0.717, 1.165) is 5.56 Å². The molecule has 0 saturated heterocycles. The largest absolute Gasteiger partial charge is 0.479 e. The number of carbonyl (C=O) groups excluding carboxylic acids is 1. The lowest BCUT2D eigenvalue weighted by atomic mass is 10.2. The van der Waals surface area contributed by atoms with Gasteiger partial charge in [-0.2, -0.15) is 5.10 Å². The first kappa shape index (κ1) is 18.3. The second-order valence-electron chi connectivity index (χ2n) is 5.71. The summed E-state index contributed by atoms with van der Waals surface area (Å²) in [5, 5.41) is 7.94. The fourth-order valence-corrected chi connectivity index (χ4v) is 2.78. The summed E-state index contributed by atoms with van der Waals surface area (Å²) < 4.78 is 7.36. The number of halogens is 2. The number of benzene rings is 2. The Kier molecular flexibility index (Phi) is 5.81. The van der Waals surface area contributed by atoms with Gasteiger partial charge in [-0.3, -0.25) is 9.48 Å². The molecule has 7 heteroatoms. The lowest BCUT2D eigenvalue weighted by molar-refractivity contribution is -0.122. The Bertz CT molecular complexity index is 897. The van der Waals surface area contributed by atoms with Crippen molar-refractivity contribution in [1.29, 1.82) is 0 Å². The third-order valence-corrected chi connectivity index (χ3v) is 4.18. The van der Waals surface area contributed by atoms with Crippen molar-refractivity contribution in [2.45, 2.75) is 19.6 Å². The SMILES string of the molecule is CC(Oc1ccc(Cl)cc1Cl)C(=O)Nc1ccn(Cc2ccccc2)n1. The molecular weight excluding hydrogens is 373 g/mol. The topological polar surface area (TPSA) is 56.1 Å². The van der Waals surface area contributed by atoms with E-state index in [4.69, 9.17) is 27.9 Å². The van der Waals surface area contributed by atoms with Crippen molar-refractivity contribution in [3.8, 4) is 5.75 Å². The van der Waals surface area contributed by atoms with Crippen LogP contribution in [-0.2, 0) is 11.3 Å². The van der Waals surface area contributed by atoms with Crippen LogP contribution in [0.1, 0.15) is 12.5 Å². The smallest absolute Gasteiger partial charge is 0.266 e. The summed E-state index contributed by atoms with van der Waals surface area (Å²) in [5.74, 6) is 0.540. The summed E-state index contributed by atoms with van der Waals surface area (Å²) in [6, 6.07) is 16.5. The zero-order valence-corrected chi connectivity index (χ0v) is 15.5. The van der Waals surface area contributed by atoms with Gasteiger partial charge in [0.05, 0.1) is 11.6 Å². The monoisotopic (exact) mass is 389 g/mol. The standard InChI is InChI=1S/C19H17Cl2N3O2/c1-13(26-17-8-7-15(20)11-16(17)21)19(25)22-18-9-10-24(23-18)12-14-5-3-2-4-6-14/h2-11,13H,12H2,1H3,(H,22,23,25). The summed E-state index contributed by atoms with van der Waals surface area (Å²) in [6.07, 6.45) is 1.07. The third-order valence-electron chi connectivity index (χ3n) is 3.65. The van der Waals surface area contributed by atoms with Gasteiger partial charge in [0.2, 0.25) is 0 Å². The fourth-order valence-electron chi connectivity index (χ4n) is 2.33. The number of hydrogen-bond donors (Lipinski definition) is 1. The number of carbonyl (C=O) groups is 1. The van der Waals surface area contributed by atoms with Gasteiger partial charge in [0.15, 0.2) is 11.9 Å². The average Bonchev–Trinajstić information content (AvgIpc) is 3.05. The van der Waals surface area contributed by atoms with E-state index < -0.39 is 6.10 Å². The highest BCUT2D eigenvalue weighted by Gasteiger charge is 2.17. The van der Waals surface area contributed by atoms with E-state index >= 15 is 0 Å². The molecule has 0 radical (unpaired) electrons. The molecule has 1 atom stereocenters. The van der Waals surface area contributed by atoms with Crippen LogP contribution < -0.4 is 10.1 Å². The van der Waals surface area contributed by atoms with Gasteiger partial charge in [-0.1, -0.05) is 53.5 Å². The molecule has 0 fully saturated rings. The van der Waals surface area contributed by atoms with Crippen molar-refractivity contribution in [3.63, 3.8) is 0 Å². The number of anilines is 1. The predicted octanol–water partition coefficient (Wildman–Crippen LogP) is 4.64. The highest BCUT2D eigenvalue weighted by molar-refractivity contribution is 6.35. The van der Waals surface area contributed by atoms with Gasteiger partial charge < -0.3 is 10.1 Å². The van der Waals surface area contributed by atoms with E-state index in [1.165, 1.54) is 0 Å². The van der Waals surface area contributed by atoms with Crippen molar-refractivity contribution >= 4 is 34.9 Å². The lowest BCUT2D eigenvalue weighted by Crippen LogP contribution is -2.30. The first-order valence-electron chi connectivity index (χ1n) is 8.01. The molecule has 5 nitrogen and oxygen atoms in total. The molecule has 1 N–H and O–H groups in total. The van der Waals surface area contributed by atoms with Gasteiger partial charge in [-0.15, -0.1) is 0 Å². The van der Waals surface area contributed by atoms with E-state index in [-0.39, 0.29) is 5.91 Å². The second kappa shape index (κ2) is 8.25. The van der Waals surface area contributed by atoms with Gasteiger partial charge in [0.25, 0.3) is 5.91 Å². The number of aromatic nitrogens is 2. The normalized spacial score (nSPS) is 11.8. The summed E-state index contributed by atoms with van der Waals surface area (Å²) in [5.41, 5.74) is 1.13. The molecule has 1 amide bonds. The van der Waals surface area contributed by atoms with Crippen molar-refractivity contribution in [2.75, 3.05) is 5.32 Å². The van der Waals surface area contributed by atoms with Crippen molar-refractivity contribution in [1.82, 2.24) is 9.78 Å². The zero-order valence-electron chi connectivity index (χ0n) is 14.0. The molecule has 134 valence electrons. The number of amides is 1. The molecule has 1 unspecified atom stereocenters. The number of nitrogens with zero attached hydrogens (tertiary/aromatic N) is 2. The molecule has 0 saturated carbocycles. The highest BCUT2D eigenvalue weighted by atomic mass is 35.5. The fraction of sp³-hybridized carbons (Fsp3) is 0.158. The summed E-state index contributed by atoms with van der Waals surface area (Å²) in [4.78, 5) is 12.3. The Hall–Kier alpha value is -2.50. The Morgan fingerprint density at radius 3 is 2.69 bits per heavy atom. The second-order valence-corrected chi connectivity index (χ2v) is 6.55. The minimum Gasteiger partial charge on any atom is -0.479 e. The quantitative estimate of drug-likeness (QED) is 0.667. The van der Waals surface area contributed by atoms with Crippen molar-refractivity contribution in [3.05, 3.63) is 76.4 Å². The molecule has 1 heterocycles. The Morgan fingerprint density at radius 1 is 1.19 bits per heavy atom. The van der Waals surface area contributed by atoms with Gasteiger partial charge in [-0.05, 0) is 30.7 Å². The minimum absolute atomic E-state index is 0.319. The van der Waals surface area contributed by atoms with Crippen LogP contribution in [0.4, 0.5) is 5.82 Å². The molecule has 0 aliphatic carbocycles. The van der Waals surface area contributed by atoms with E-state index in [1.807, 2.05) is 36.5 Å². The lowest BCUT2D eigenvalue weighted by Gasteiger charge is -2.15. The zero-order chi connectivity index (χ0) is 18.5.